The molecule has 0 fully saturated rings. The molecule has 0 saturated heterocycles. The van der Waals surface area contributed by atoms with Gasteiger partial charge in [-0.1, -0.05) is 0 Å². The number of H-pyrrole nitrogens is 1. The molecule has 0 bridgehead atoms. The predicted molar refractivity (Wildman–Crippen MR) is 97.9 cm³/mol. The number of imidazole rings is 1. The lowest BCUT2D eigenvalue weighted by Gasteiger charge is -2.09. The summed E-state index contributed by atoms with van der Waals surface area (Å²) in [6, 6.07) is 9.33. The van der Waals surface area contributed by atoms with Gasteiger partial charge < -0.3 is 9.15 Å². The van der Waals surface area contributed by atoms with E-state index in [1.54, 1.807) is 29.3 Å². The number of hydrogen-bond acceptors (Lipinski definition) is 5. The molecule has 7 nitrogen and oxygen atoms in total. The Balaban J connectivity index is 1.85. The van der Waals surface area contributed by atoms with E-state index in [0.29, 0.717) is 34.8 Å². The van der Waals surface area contributed by atoms with Gasteiger partial charge in [0, 0.05) is 23.0 Å². The molecule has 5 rings (SSSR count). The first-order valence-corrected chi connectivity index (χ1v) is 8.25. The minimum atomic E-state index is -0.272. The second-order valence-electron chi connectivity index (χ2n) is 5.86. The summed E-state index contributed by atoms with van der Waals surface area (Å²) < 4.78 is 12.7. The summed E-state index contributed by atoms with van der Waals surface area (Å²) in [6.45, 7) is 2.40. The number of aromatic nitrogens is 4. The lowest BCUT2D eigenvalue weighted by Crippen LogP contribution is -2.15. The third-order valence-electron chi connectivity index (χ3n) is 4.38. The van der Waals surface area contributed by atoms with E-state index < -0.39 is 0 Å². The van der Waals surface area contributed by atoms with Crippen LogP contribution in [0.25, 0.3) is 38.7 Å². The molecule has 0 unspecified atom stereocenters. The van der Waals surface area contributed by atoms with Crippen molar-refractivity contribution in [3.63, 3.8) is 0 Å². The highest BCUT2D eigenvalue weighted by Crippen LogP contribution is 2.29. The highest BCUT2D eigenvalue weighted by Gasteiger charge is 2.15. The molecule has 128 valence electrons. The standard InChI is InChI=1S/C19H14N4O3/c1-2-25-15-5-7-20-18-17(15)23(19(24)22-18)11-3-4-14-13(9-11)12-6-8-26-16(12)10-21-14/h3-10H,2H2,1H3,(H,20,22,24). The van der Waals surface area contributed by atoms with Crippen molar-refractivity contribution in [3.8, 4) is 11.4 Å². The van der Waals surface area contributed by atoms with E-state index in [1.165, 1.54) is 0 Å². The Kier molecular flexibility index (Phi) is 3.08. The van der Waals surface area contributed by atoms with Crippen LogP contribution >= 0.6 is 0 Å². The van der Waals surface area contributed by atoms with Crippen LogP contribution in [0.2, 0.25) is 0 Å². The van der Waals surface area contributed by atoms with E-state index in [4.69, 9.17) is 9.15 Å². The molecule has 7 heteroatoms. The summed E-state index contributed by atoms with van der Waals surface area (Å²) in [5, 5.41) is 1.87. The average molecular weight is 346 g/mol. The number of hydrogen-bond donors (Lipinski definition) is 1. The minimum Gasteiger partial charge on any atom is -0.491 e. The van der Waals surface area contributed by atoms with E-state index in [0.717, 1.165) is 16.3 Å². The summed E-state index contributed by atoms with van der Waals surface area (Å²) in [6.07, 6.45) is 4.95. The Morgan fingerprint density at radius 3 is 3.00 bits per heavy atom. The first-order chi connectivity index (χ1) is 12.8. The zero-order valence-electron chi connectivity index (χ0n) is 13.9. The van der Waals surface area contributed by atoms with Crippen LogP contribution in [0.1, 0.15) is 6.92 Å². The number of pyridine rings is 2. The second kappa shape index (κ2) is 5.45. The Hall–Kier alpha value is -3.61. The van der Waals surface area contributed by atoms with Crippen molar-refractivity contribution in [1.29, 1.82) is 0 Å². The monoisotopic (exact) mass is 346 g/mol. The van der Waals surface area contributed by atoms with Crippen LogP contribution in [-0.4, -0.2) is 26.1 Å². The lowest BCUT2D eigenvalue weighted by atomic mass is 10.1. The average Bonchev–Trinajstić information content (AvgIpc) is 3.25. The molecular formula is C19H14N4O3. The van der Waals surface area contributed by atoms with Gasteiger partial charge in [0.25, 0.3) is 0 Å². The number of fused-ring (bicyclic) bond motifs is 4. The van der Waals surface area contributed by atoms with Gasteiger partial charge in [-0.2, -0.15) is 0 Å². The zero-order valence-corrected chi connectivity index (χ0v) is 13.9. The molecular weight excluding hydrogens is 332 g/mol. The zero-order chi connectivity index (χ0) is 17.7. The molecule has 4 aromatic heterocycles. The van der Waals surface area contributed by atoms with E-state index in [1.807, 2.05) is 31.2 Å². The molecule has 4 heterocycles. The molecule has 0 radical (unpaired) electrons. The number of rotatable bonds is 3. The normalized spacial score (nSPS) is 11.6. The van der Waals surface area contributed by atoms with Crippen molar-refractivity contribution in [3.05, 3.63) is 59.5 Å². The van der Waals surface area contributed by atoms with Crippen LogP contribution in [0.4, 0.5) is 0 Å². The SMILES string of the molecule is CCOc1ccnc2[nH]c(=O)n(-c3ccc4ncc5occc5c4c3)c12. The molecule has 0 saturated carbocycles. The van der Waals surface area contributed by atoms with Gasteiger partial charge in [0.15, 0.2) is 11.2 Å². The third-order valence-corrected chi connectivity index (χ3v) is 4.38. The van der Waals surface area contributed by atoms with Gasteiger partial charge in [0.05, 0.1) is 30.3 Å². The van der Waals surface area contributed by atoms with Gasteiger partial charge in [-0.05, 0) is 31.2 Å². The molecule has 0 aliphatic carbocycles. The largest absolute Gasteiger partial charge is 0.491 e. The molecule has 0 amide bonds. The van der Waals surface area contributed by atoms with Crippen molar-refractivity contribution in [1.82, 2.24) is 19.5 Å². The van der Waals surface area contributed by atoms with Crippen molar-refractivity contribution in [2.45, 2.75) is 6.92 Å². The van der Waals surface area contributed by atoms with E-state index in [-0.39, 0.29) is 5.69 Å². The lowest BCUT2D eigenvalue weighted by molar-refractivity contribution is 0.343. The summed E-state index contributed by atoms with van der Waals surface area (Å²) >= 11 is 0. The molecule has 5 aromatic rings. The van der Waals surface area contributed by atoms with Crippen molar-refractivity contribution in [2.75, 3.05) is 6.61 Å². The van der Waals surface area contributed by atoms with Gasteiger partial charge in [-0.3, -0.25) is 14.5 Å². The van der Waals surface area contributed by atoms with E-state index in [9.17, 15) is 4.79 Å². The topological polar surface area (TPSA) is 85.9 Å². The van der Waals surface area contributed by atoms with Crippen LogP contribution in [0, 0.1) is 0 Å². The fourth-order valence-corrected chi connectivity index (χ4v) is 3.28. The summed E-state index contributed by atoms with van der Waals surface area (Å²) in [7, 11) is 0. The van der Waals surface area contributed by atoms with Crippen LogP contribution in [0.15, 0.2) is 58.2 Å². The molecule has 0 aliphatic heterocycles. The van der Waals surface area contributed by atoms with Gasteiger partial charge in [0.2, 0.25) is 0 Å². The van der Waals surface area contributed by atoms with Crippen LogP contribution < -0.4 is 10.4 Å². The minimum absolute atomic E-state index is 0.272. The highest BCUT2D eigenvalue weighted by atomic mass is 16.5. The quantitative estimate of drug-likeness (QED) is 0.541. The number of benzene rings is 1. The molecule has 1 aromatic carbocycles. The molecule has 0 atom stereocenters. The van der Waals surface area contributed by atoms with Crippen LogP contribution in [-0.2, 0) is 0 Å². The molecule has 0 spiro atoms. The van der Waals surface area contributed by atoms with Crippen molar-refractivity contribution >= 4 is 33.0 Å². The highest BCUT2D eigenvalue weighted by molar-refractivity contribution is 6.04. The fraction of sp³-hybridized carbons (Fsp3) is 0.105. The summed E-state index contributed by atoms with van der Waals surface area (Å²) in [5.74, 6) is 0.607. The Labute approximate surface area is 146 Å². The first kappa shape index (κ1) is 14.7. The molecule has 1 N–H and O–H groups in total. The van der Waals surface area contributed by atoms with E-state index >= 15 is 0 Å². The number of aromatic amines is 1. The Morgan fingerprint density at radius 2 is 2.12 bits per heavy atom. The summed E-state index contributed by atoms with van der Waals surface area (Å²) in [5.41, 5.74) is 3.08. The van der Waals surface area contributed by atoms with Crippen LogP contribution in [0.5, 0.6) is 5.75 Å². The fourth-order valence-electron chi connectivity index (χ4n) is 3.28. The van der Waals surface area contributed by atoms with Gasteiger partial charge in [-0.15, -0.1) is 0 Å². The maximum absolute atomic E-state index is 12.6. The van der Waals surface area contributed by atoms with E-state index in [2.05, 4.69) is 15.0 Å². The van der Waals surface area contributed by atoms with Gasteiger partial charge in [-0.25, -0.2) is 9.78 Å². The Bertz CT molecular complexity index is 1330. The maximum atomic E-state index is 12.6. The van der Waals surface area contributed by atoms with Crippen molar-refractivity contribution < 1.29 is 9.15 Å². The maximum Gasteiger partial charge on any atom is 0.332 e. The molecule has 0 aliphatic rings. The third kappa shape index (κ3) is 2.03. The molecule has 26 heavy (non-hydrogen) atoms. The predicted octanol–water partition coefficient (Wildman–Crippen LogP) is 3.41. The summed E-state index contributed by atoms with van der Waals surface area (Å²) in [4.78, 5) is 24.1. The van der Waals surface area contributed by atoms with Crippen molar-refractivity contribution in [2.24, 2.45) is 0 Å². The number of nitrogens with zero attached hydrogens (tertiary/aromatic N) is 3. The number of ether oxygens (including phenoxy) is 1. The van der Waals surface area contributed by atoms with Gasteiger partial charge in [0.1, 0.15) is 11.3 Å². The number of furan rings is 1. The number of nitrogens with one attached hydrogen (secondary N) is 1. The van der Waals surface area contributed by atoms with Gasteiger partial charge >= 0.3 is 5.69 Å². The second-order valence-corrected chi connectivity index (χ2v) is 5.86. The van der Waals surface area contributed by atoms with Crippen LogP contribution in [0.3, 0.4) is 0 Å². The Morgan fingerprint density at radius 1 is 1.19 bits per heavy atom. The smallest absolute Gasteiger partial charge is 0.332 e. The first-order valence-electron chi connectivity index (χ1n) is 8.25.